The average Bonchev–Trinajstić information content (AvgIpc) is 2.54. The second-order valence-corrected chi connectivity index (χ2v) is 7.41. The number of hydrogen-bond acceptors (Lipinski definition) is 6. The molecule has 5 nitrogen and oxygen atoms in total. The number of thioether (sulfide) groups is 1. The number of hydrogen-bond donors (Lipinski definition) is 0. The Morgan fingerprint density at radius 2 is 1.54 bits per heavy atom. The quantitative estimate of drug-likeness (QED) is 0.331. The van der Waals surface area contributed by atoms with Gasteiger partial charge >= 0.3 is 5.97 Å². The van der Waals surface area contributed by atoms with E-state index >= 15 is 0 Å². The van der Waals surface area contributed by atoms with Gasteiger partial charge in [0.25, 0.3) is 0 Å². The maximum Gasteiger partial charge on any atom is 0.317 e. The predicted octanol–water partition coefficient (Wildman–Crippen LogP) is 3.93. The van der Waals surface area contributed by atoms with Gasteiger partial charge in [0, 0.05) is 17.0 Å². The van der Waals surface area contributed by atoms with E-state index in [-0.39, 0.29) is 11.5 Å². The van der Waals surface area contributed by atoms with Gasteiger partial charge in [-0.15, -0.1) is 0 Å². The lowest BCUT2D eigenvalue weighted by molar-refractivity contribution is -0.143. The number of benzene rings is 1. The predicted molar refractivity (Wildman–Crippen MR) is 103 cm³/mol. The Kier molecular flexibility index (Phi) is 6.53. The summed E-state index contributed by atoms with van der Waals surface area (Å²) in [6, 6.07) is 5.70. The second-order valence-electron chi connectivity index (χ2n) is 6.47. The van der Waals surface area contributed by atoms with Gasteiger partial charge in [-0.3, -0.25) is 9.59 Å². The summed E-state index contributed by atoms with van der Waals surface area (Å²) in [6.45, 7) is 11.2. The van der Waals surface area contributed by atoms with E-state index < -0.39 is 12.1 Å². The van der Waals surface area contributed by atoms with E-state index in [1.54, 1.807) is 6.92 Å². The van der Waals surface area contributed by atoms with E-state index in [1.807, 2.05) is 52.8 Å². The highest BCUT2D eigenvalue weighted by Gasteiger charge is 2.22. The maximum absolute atomic E-state index is 12.6. The van der Waals surface area contributed by atoms with Crippen LogP contribution in [0, 0.1) is 34.6 Å². The number of aryl methyl sites for hydroxylation is 5. The van der Waals surface area contributed by atoms with E-state index in [2.05, 4.69) is 9.97 Å². The van der Waals surface area contributed by atoms with Crippen LogP contribution >= 0.6 is 11.8 Å². The highest BCUT2D eigenvalue weighted by molar-refractivity contribution is 7.99. The van der Waals surface area contributed by atoms with Crippen LogP contribution in [0.2, 0.25) is 0 Å². The van der Waals surface area contributed by atoms with Crippen LogP contribution in [0.4, 0.5) is 0 Å². The van der Waals surface area contributed by atoms with E-state index in [4.69, 9.17) is 4.74 Å². The van der Waals surface area contributed by atoms with Crippen LogP contribution in [-0.4, -0.2) is 33.6 Å². The van der Waals surface area contributed by atoms with Gasteiger partial charge in [-0.2, -0.15) is 0 Å². The topological polar surface area (TPSA) is 69.2 Å². The molecule has 0 fully saturated rings. The Hall–Kier alpha value is -2.21. The van der Waals surface area contributed by atoms with Crippen LogP contribution in [-0.2, 0) is 9.53 Å². The molecule has 2 rings (SSSR count). The van der Waals surface area contributed by atoms with Crippen LogP contribution < -0.4 is 0 Å². The molecular formula is C20H24N2O3S. The number of rotatable bonds is 6. The molecule has 0 amide bonds. The summed E-state index contributed by atoms with van der Waals surface area (Å²) in [6.07, 6.45) is -0.830. The third-order valence-electron chi connectivity index (χ3n) is 4.06. The molecular weight excluding hydrogens is 348 g/mol. The Bertz CT molecular complexity index is 829. The van der Waals surface area contributed by atoms with Crippen LogP contribution in [0.1, 0.15) is 45.4 Å². The Morgan fingerprint density at radius 1 is 0.962 bits per heavy atom. The zero-order valence-corrected chi connectivity index (χ0v) is 16.9. The molecule has 0 radical (unpaired) electrons. The summed E-state index contributed by atoms with van der Waals surface area (Å²) in [4.78, 5) is 33.3. The number of carbonyl (C=O) groups excluding carboxylic acids is 2. The molecule has 0 bridgehead atoms. The van der Waals surface area contributed by atoms with Gasteiger partial charge in [0.1, 0.15) is 0 Å². The van der Waals surface area contributed by atoms with E-state index in [9.17, 15) is 9.59 Å². The minimum Gasteiger partial charge on any atom is -0.454 e. The summed E-state index contributed by atoms with van der Waals surface area (Å²) >= 11 is 1.21. The molecule has 2 aromatic rings. The molecule has 0 aliphatic carbocycles. The van der Waals surface area contributed by atoms with Gasteiger partial charge < -0.3 is 4.74 Å². The fourth-order valence-corrected chi connectivity index (χ4v) is 3.34. The number of carbonyl (C=O) groups is 2. The standard InChI is InChI=1S/C20H24N2O3S/c1-11-7-13(3)17(8-12(11)2)19(24)16(6)25-18(23)10-26-20-21-14(4)9-15(5)22-20/h7-9,16H,10H2,1-6H3. The first-order valence-electron chi connectivity index (χ1n) is 8.44. The van der Waals surface area contributed by atoms with Gasteiger partial charge in [-0.25, -0.2) is 9.97 Å². The van der Waals surface area contributed by atoms with E-state index in [0.717, 1.165) is 28.1 Å². The largest absolute Gasteiger partial charge is 0.454 e. The van der Waals surface area contributed by atoms with Gasteiger partial charge in [0.05, 0.1) is 5.75 Å². The van der Waals surface area contributed by atoms with Crippen molar-refractivity contribution in [2.45, 2.75) is 52.8 Å². The zero-order chi connectivity index (χ0) is 19.4. The molecule has 1 unspecified atom stereocenters. The fourth-order valence-electron chi connectivity index (χ4n) is 2.61. The smallest absolute Gasteiger partial charge is 0.317 e. The van der Waals surface area contributed by atoms with Crippen molar-refractivity contribution in [2.75, 3.05) is 5.75 Å². The molecule has 26 heavy (non-hydrogen) atoms. The van der Waals surface area contributed by atoms with Crippen molar-refractivity contribution in [3.8, 4) is 0 Å². The van der Waals surface area contributed by atoms with Crippen molar-refractivity contribution in [3.05, 3.63) is 51.8 Å². The number of nitrogens with zero attached hydrogens (tertiary/aromatic N) is 2. The second kappa shape index (κ2) is 8.45. The monoisotopic (exact) mass is 372 g/mol. The first kappa shape index (κ1) is 20.1. The summed E-state index contributed by atoms with van der Waals surface area (Å²) < 4.78 is 5.31. The molecule has 0 saturated carbocycles. The molecule has 1 aromatic carbocycles. The van der Waals surface area contributed by atoms with Crippen LogP contribution in [0.5, 0.6) is 0 Å². The summed E-state index contributed by atoms with van der Waals surface area (Å²) in [5.74, 6) is -0.585. The summed E-state index contributed by atoms with van der Waals surface area (Å²) in [5, 5.41) is 0.531. The van der Waals surface area contributed by atoms with Crippen molar-refractivity contribution < 1.29 is 14.3 Å². The van der Waals surface area contributed by atoms with Crippen molar-refractivity contribution in [1.29, 1.82) is 0 Å². The van der Waals surface area contributed by atoms with Crippen molar-refractivity contribution in [1.82, 2.24) is 9.97 Å². The summed E-state index contributed by atoms with van der Waals surface area (Å²) in [5.41, 5.74) is 5.36. The van der Waals surface area contributed by atoms with Gasteiger partial charge in [-0.05, 0) is 70.4 Å². The van der Waals surface area contributed by atoms with Crippen molar-refractivity contribution in [3.63, 3.8) is 0 Å². The number of aromatic nitrogens is 2. The number of Topliss-reactive ketones (excluding diaryl/α,β-unsaturated/α-hetero) is 1. The van der Waals surface area contributed by atoms with Crippen LogP contribution in [0.3, 0.4) is 0 Å². The Balaban J connectivity index is 1.98. The minimum atomic E-state index is -0.830. The lowest BCUT2D eigenvalue weighted by atomic mass is 9.96. The molecule has 1 heterocycles. The molecule has 0 aliphatic rings. The maximum atomic E-state index is 12.6. The molecule has 0 saturated heterocycles. The molecule has 1 aromatic heterocycles. The van der Waals surface area contributed by atoms with Crippen molar-refractivity contribution >= 4 is 23.5 Å². The van der Waals surface area contributed by atoms with Gasteiger partial charge in [0.15, 0.2) is 11.3 Å². The normalized spacial score (nSPS) is 11.9. The van der Waals surface area contributed by atoms with E-state index in [0.29, 0.717) is 10.7 Å². The van der Waals surface area contributed by atoms with Crippen LogP contribution in [0.25, 0.3) is 0 Å². The zero-order valence-electron chi connectivity index (χ0n) is 16.0. The molecule has 6 heteroatoms. The Labute approximate surface area is 158 Å². The molecule has 0 N–H and O–H groups in total. The van der Waals surface area contributed by atoms with Gasteiger partial charge in [0.2, 0.25) is 5.78 Å². The number of esters is 1. The lowest BCUT2D eigenvalue weighted by Gasteiger charge is -2.15. The lowest BCUT2D eigenvalue weighted by Crippen LogP contribution is -2.26. The SMILES string of the molecule is Cc1cc(C)nc(SCC(=O)OC(C)C(=O)c2cc(C)c(C)cc2C)n1. The molecule has 138 valence electrons. The number of ether oxygens (including phenoxy) is 1. The molecule has 0 aliphatic heterocycles. The third-order valence-corrected chi connectivity index (χ3v) is 4.89. The average molecular weight is 372 g/mol. The molecule has 1 atom stereocenters. The summed E-state index contributed by atoms with van der Waals surface area (Å²) in [7, 11) is 0. The first-order valence-corrected chi connectivity index (χ1v) is 9.42. The third kappa shape index (κ3) is 5.14. The Morgan fingerprint density at radius 3 is 2.15 bits per heavy atom. The molecule has 0 spiro atoms. The highest BCUT2D eigenvalue weighted by atomic mass is 32.2. The van der Waals surface area contributed by atoms with Crippen molar-refractivity contribution in [2.24, 2.45) is 0 Å². The van der Waals surface area contributed by atoms with E-state index in [1.165, 1.54) is 11.8 Å². The van der Waals surface area contributed by atoms with Gasteiger partial charge in [-0.1, -0.05) is 17.8 Å². The van der Waals surface area contributed by atoms with Crippen LogP contribution in [0.15, 0.2) is 23.4 Å². The number of ketones is 1. The highest BCUT2D eigenvalue weighted by Crippen LogP contribution is 2.19. The minimum absolute atomic E-state index is 0.0619. The fraction of sp³-hybridized carbons (Fsp3) is 0.400. The first-order chi connectivity index (χ1) is 12.2.